The Morgan fingerprint density at radius 3 is 2.56 bits per heavy atom. The molecule has 1 aliphatic carbocycles. The van der Waals surface area contributed by atoms with Crippen LogP contribution in [0, 0.1) is 0 Å². The maximum Gasteiger partial charge on any atom is 0.164 e. The number of carbonyl (C=O) groups excluding carboxylic acids is 1. The number of carbonyl (C=O) groups is 1. The van der Waals surface area contributed by atoms with Crippen LogP contribution in [0.3, 0.4) is 0 Å². The molecule has 0 fully saturated rings. The smallest absolute Gasteiger partial charge is 0.164 e. The second-order valence-electron chi connectivity index (χ2n) is 6.76. The second-order valence-corrected chi connectivity index (χ2v) is 6.76. The monoisotopic (exact) mass is 357 g/mol. The van der Waals surface area contributed by atoms with Gasteiger partial charge in [0.15, 0.2) is 5.78 Å². The van der Waals surface area contributed by atoms with E-state index in [0.717, 1.165) is 23.4 Å². The van der Waals surface area contributed by atoms with Gasteiger partial charge >= 0.3 is 0 Å². The molecule has 27 heavy (non-hydrogen) atoms. The van der Waals surface area contributed by atoms with Gasteiger partial charge in [0.1, 0.15) is 5.75 Å². The first-order chi connectivity index (χ1) is 13.2. The molecule has 0 heterocycles. The fourth-order valence-corrected chi connectivity index (χ4v) is 3.62. The highest BCUT2D eigenvalue weighted by molar-refractivity contribution is 5.97. The number of Topliss-reactive ketones (excluding diaryl/α,β-unsaturated/α-hetero) is 1. The van der Waals surface area contributed by atoms with Gasteiger partial charge in [0, 0.05) is 24.2 Å². The van der Waals surface area contributed by atoms with E-state index < -0.39 is 0 Å². The van der Waals surface area contributed by atoms with Gasteiger partial charge in [0.05, 0.1) is 6.61 Å². The molecule has 0 saturated carbocycles. The molecule has 3 aromatic carbocycles. The molecule has 0 spiro atoms. The van der Waals surface area contributed by atoms with E-state index in [9.17, 15) is 4.79 Å². The molecule has 1 aliphatic rings. The molecule has 0 aromatic heterocycles. The number of fused-ring (bicyclic) bond motifs is 3. The summed E-state index contributed by atoms with van der Waals surface area (Å²) in [5.41, 5.74) is 6.94. The summed E-state index contributed by atoms with van der Waals surface area (Å²) < 4.78 is 5.44. The van der Waals surface area contributed by atoms with Crippen molar-refractivity contribution in [3.63, 3.8) is 0 Å². The lowest BCUT2D eigenvalue weighted by molar-refractivity contribution is 0.0986. The van der Waals surface area contributed by atoms with Crippen LogP contribution in [0.15, 0.2) is 66.7 Å². The van der Waals surface area contributed by atoms with Gasteiger partial charge in [-0.1, -0.05) is 36.4 Å². The number of hydrogen-bond donors (Lipinski definition) is 1. The molecular weight excluding hydrogens is 334 g/mol. The van der Waals surface area contributed by atoms with E-state index in [-0.39, 0.29) is 5.78 Å². The van der Waals surface area contributed by atoms with Crippen LogP contribution in [-0.4, -0.2) is 18.9 Å². The highest BCUT2D eigenvalue weighted by Crippen LogP contribution is 2.36. The van der Waals surface area contributed by atoms with Crippen molar-refractivity contribution in [2.45, 2.75) is 19.8 Å². The van der Waals surface area contributed by atoms with Gasteiger partial charge in [0.25, 0.3) is 0 Å². The van der Waals surface area contributed by atoms with Gasteiger partial charge in [-0.3, -0.25) is 4.79 Å². The summed E-state index contributed by atoms with van der Waals surface area (Å²) in [6.07, 6.45) is 1.38. The van der Waals surface area contributed by atoms with E-state index in [0.29, 0.717) is 19.6 Å². The Bertz CT molecular complexity index is 960. The molecule has 0 aliphatic heterocycles. The van der Waals surface area contributed by atoms with E-state index in [2.05, 4.69) is 41.7 Å². The van der Waals surface area contributed by atoms with Crippen molar-refractivity contribution in [2.24, 2.45) is 0 Å². The van der Waals surface area contributed by atoms with E-state index in [1.807, 2.05) is 37.3 Å². The first-order valence-corrected chi connectivity index (χ1v) is 9.45. The van der Waals surface area contributed by atoms with Crippen molar-refractivity contribution in [3.05, 3.63) is 83.4 Å². The zero-order chi connectivity index (χ0) is 18.6. The summed E-state index contributed by atoms with van der Waals surface area (Å²) in [5.74, 6) is 1.03. The molecule has 0 bridgehead atoms. The van der Waals surface area contributed by atoms with Crippen LogP contribution in [-0.2, 0) is 6.42 Å². The first-order valence-electron chi connectivity index (χ1n) is 9.45. The van der Waals surface area contributed by atoms with Crippen molar-refractivity contribution in [1.29, 1.82) is 0 Å². The zero-order valence-corrected chi connectivity index (χ0v) is 15.5. The van der Waals surface area contributed by atoms with Crippen molar-refractivity contribution in [3.8, 4) is 16.9 Å². The maximum absolute atomic E-state index is 12.6. The second kappa shape index (κ2) is 7.67. The third-order valence-electron chi connectivity index (χ3n) is 4.96. The SMILES string of the molecule is CCOc1ccc(NCCC(=O)c2ccc3c(c2)Cc2ccccc2-3)cc1. The van der Waals surface area contributed by atoms with Crippen LogP contribution in [0.25, 0.3) is 11.1 Å². The summed E-state index contributed by atoms with van der Waals surface area (Å²) in [4.78, 5) is 12.6. The Labute approximate surface area is 160 Å². The van der Waals surface area contributed by atoms with Crippen molar-refractivity contribution in [1.82, 2.24) is 0 Å². The van der Waals surface area contributed by atoms with Crippen LogP contribution < -0.4 is 10.1 Å². The minimum absolute atomic E-state index is 0.173. The lowest BCUT2D eigenvalue weighted by Gasteiger charge is -2.08. The summed E-state index contributed by atoms with van der Waals surface area (Å²) >= 11 is 0. The highest BCUT2D eigenvalue weighted by Gasteiger charge is 2.19. The summed E-state index contributed by atoms with van der Waals surface area (Å²) in [6, 6.07) is 22.4. The Hall–Kier alpha value is -3.07. The number of ether oxygens (including phenoxy) is 1. The molecule has 0 atom stereocenters. The van der Waals surface area contributed by atoms with E-state index in [1.165, 1.54) is 22.3 Å². The Kier molecular flexibility index (Phi) is 4.93. The van der Waals surface area contributed by atoms with Crippen LogP contribution in [0.1, 0.15) is 34.8 Å². The van der Waals surface area contributed by atoms with Crippen molar-refractivity contribution in [2.75, 3.05) is 18.5 Å². The number of hydrogen-bond acceptors (Lipinski definition) is 3. The molecule has 0 radical (unpaired) electrons. The zero-order valence-electron chi connectivity index (χ0n) is 15.5. The van der Waals surface area contributed by atoms with E-state index in [4.69, 9.17) is 4.74 Å². The predicted molar refractivity (Wildman–Crippen MR) is 110 cm³/mol. The van der Waals surface area contributed by atoms with Crippen molar-refractivity contribution < 1.29 is 9.53 Å². The summed E-state index contributed by atoms with van der Waals surface area (Å²) in [7, 11) is 0. The molecule has 4 rings (SSSR count). The highest BCUT2D eigenvalue weighted by atomic mass is 16.5. The first kappa shape index (κ1) is 17.3. The van der Waals surface area contributed by atoms with Gasteiger partial charge in [-0.25, -0.2) is 0 Å². The minimum Gasteiger partial charge on any atom is -0.494 e. The predicted octanol–water partition coefficient (Wildman–Crippen LogP) is 5.34. The van der Waals surface area contributed by atoms with Gasteiger partial charge in [0.2, 0.25) is 0 Å². The molecule has 0 unspecified atom stereocenters. The van der Waals surface area contributed by atoms with E-state index in [1.54, 1.807) is 0 Å². The van der Waals surface area contributed by atoms with Crippen LogP contribution >= 0.6 is 0 Å². The molecule has 0 saturated heterocycles. The lowest BCUT2D eigenvalue weighted by Crippen LogP contribution is -2.09. The van der Waals surface area contributed by atoms with Crippen LogP contribution in [0.2, 0.25) is 0 Å². The molecule has 136 valence electrons. The fourth-order valence-electron chi connectivity index (χ4n) is 3.62. The third-order valence-corrected chi connectivity index (χ3v) is 4.96. The maximum atomic E-state index is 12.6. The molecule has 3 aromatic rings. The molecule has 0 amide bonds. The normalized spacial score (nSPS) is 11.6. The van der Waals surface area contributed by atoms with Gasteiger partial charge in [-0.15, -0.1) is 0 Å². The Balaban J connectivity index is 1.36. The summed E-state index contributed by atoms with van der Waals surface area (Å²) in [6.45, 7) is 3.24. The number of nitrogens with one attached hydrogen (secondary N) is 1. The average Bonchev–Trinajstić information content (AvgIpc) is 3.07. The quantitative estimate of drug-likeness (QED) is 0.454. The lowest BCUT2D eigenvalue weighted by atomic mass is 10.0. The van der Waals surface area contributed by atoms with Crippen LogP contribution in [0.5, 0.6) is 5.75 Å². The number of ketones is 1. The van der Waals surface area contributed by atoms with Crippen LogP contribution in [0.4, 0.5) is 5.69 Å². The van der Waals surface area contributed by atoms with E-state index >= 15 is 0 Å². The Morgan fingerprint density at radius 2 is 1.74 bits per heavy atom. The third kappa shape index (κ3) is 3.72. The molecule has 3 heteroatoms. The van der Waals surface area contributed by atoms with Gasteiger partial charge in [-0.05, 0) is 65.9 Å². The molecule has 3 nitrogen and oxygen atoms in total. The standard InChI is InChI=1S/C24H23NO2/c1-2-27-21-10-8-20(9-11-21)25-14-13-24(26)18-7-12-23-19(16-18)15-17-5-3-4-6-22(17)23/h3-12,16,25H,2,13-15H2,1H3. The summed E-state index contributed by atoms with van der Waals surface area (Å²) in [5, 5.41) is 3.30. The molecule has 1 N–H and O–H groups in total. The van der Waals surface area contributed by atoms with Crippen molar-refractivity contribution >= 4 is 11.5 Å². The minimum atomic E-state index is 0.173. The number of rotatable bonds is 7. The largest absolute Gasteiger partial charge is 0.494 e. The van der Waals surface area contributed by atoms with Gasteiger partial charge < -0.3 is 10.1 Å². The number of anilines is 1. The topological polar surface area (TPSA) is 38.3 Å². The van der Waals surface area contributed by atoms with Gasteiger partial charge in [-0.2, -0.15) is 0 Å². The molecular formula is C24H23NO2. The average molecular weight is 357 g/mol. The number of benzene rings is 3. The fraction of sp³-hybridized carbons (Fsp3) is 0.208. The Morgan fingerprint density at radius 1 is 0.963 bits per heavy atom.